The number of carbonyl (C=O) groups is 1. The number of halogens is 1. The summed E-state index contributed by atoms with van der Waals surface area (Å²) in [6, 6.07) is 10.6. The van der Waals surface area contributed by atoms with Crippen LogP contribution in [0.25, 0.3) is 0 Å². The summed E-state index contributed by atoms with van der Waals surface area (Å²) in [6.45, 7) is 0. The van der Waals surface area contributed by atoms with Gasteiger partial charge in [-0.3, -0.25) is 9.78 Å². The first-order valence-corrected chi connectivity index (χ1v) is 7.60. The molecule has 0 aliphatic heterocycles. The van der Waals surface area contributed by atoms with E-state index in [-0.39, 0.29) is 11.7 Å². The minimum atomic E-state index is -0.228. The molecule has 1 aromatic carbocycles. The van der Waals surface area contributed by atoms with Crippen LogP contribution in [0.15, 0.2) is 42.6 Å². The van der Waals surface area contributed by atoms with Crippen LogP contribution >= 0.6 is 0 Å². The number of carbonyl (C=O) groups excluding carboxylic acids is 1. The molecule has 1 aliphatic rings. The first kappa shape index (κ1) is 14.7. The summed E-state index contributed by atoms with van der Waals surface area (Å²) in [5.41, 5.74) is 1.96. The Morgan fingerprint density at radius 2 is 2.05 bits per heavy atom. The molecule has 1 amide bonds. The van der Waals surface area contributed by atoms with E-state index in [1.165, 1.54) is 12.5 Å². The molecule has 114 valence electrons. The summed E-state index contributed by atoms with van der Waals surface area (Å²) in [4.78, 5) is 18.4. The Morgan fingerprint density at radius 1 is 1.27 bits per heavy atom. The van der Waals surface area contributed by atoms with Crippen LogP contribution in [0.2, 0.25) is 0 Å². The maximum Gasteiger partial charge on any atom is 0.255 e. The Kier molecular flexibility index (Phi) is 4.18. The van der Waals surface area contributed by atoms with E-state index < -0.39 is 0 Å². The molecule has 0 N–H and O–H groups in total. The van der Waals surface area contributed by atoms with E-state index in [0.717, 1.165) is 18.5 Å². The number of hydrogen-bond acceptors (Lipinski definition) is 2. The Balaban J connectivity index is 1.70. The molecule has 1 aliphatic carbocycles. The summed E-state index contributed by atoms with van der Waals surface area (Å²) >= 11 is 0. The zero-order valence-corrected chi connectivity index (χ0v) is 12.6. The van der Waals surface area contributed by atoms with Crippen molar-refractivity contribution in [1.29, 1.82) is 0 Å². The van der Waals surface area contributed by atoms with Crippen LogP contribution in [0.1, 0.15) is 40.9 Å². The van der Waals surface area contributed by atoms with Crippen molar-refractivity contribution in [2.45, 2.75) is 31.7 Å². The van der Waals surface area contributed by atoms with Crippen LogP contribution in [0.4, 0.5) is 4.39 Å². The molecule has 1 heterocycles. The Hall–Kier alpha value is -2.23. The lowest BCUT2D eigenvalue weighted by Gasteiger charge is -2.34. The SMILES string of the molecule is CN(C(=O)c1ccc(Cc2ccccc2F)nc1)C1CCC1. The quantitative estimate of drug-likeness (QED) is 0.866. The molecule has 22 heavy (non-hydrogen) atoms. The van der Waals surface area contributed by atoms with E-state index in [1.54, 1.807) is 35.4 Å². The third kappa shape index (κ3) is 3.01. The highest BCUT2D eigenvalue weighted by Gasteiger charge is 2.26. The van der Waals surface area contributed by atoms with E-state index in [4.69, 9.17) is 0 Å². The minimum absolute atomic E-state index is 0.00893. The lowest BCUT2D eigenvalue weighted by Crippen LogP contribution is -2.41. The Morgan fingerprint density at radius 3 is 2.64 bits per heavy atom. The van der Waals surface area contributed by atoms with Gasteiger partial charge in [-0.25, -0.2) is 4.39 Å². The van der Waals surface area contributed by atoms with Gasteiger partial charge in [-0.1, -0.05) is 18.2 Å². The lowest BCUT2D eigenvalue weighted by atomic mass is 9.91. The fourth-order valence-corrected chi connectivity index (χ4v) is 2.64. The van der Waals surface area contributed by atoms with E-state index >= 15 is 0 Å². The van der Waals surface area contributed by atoms with Crippen LogP contribution in [-0.2, 0) is 6.42 Å². The summed E-state index contributed by atoms with van der Waals surface area (Å²) in [5, 5.41) is 0. The molecule has 0 spiro atoms. The normalized spacial score (nSPS) is 14.5. The van der Waals surface area contributed by atoms with Gasteiger partial charge < -0.3 is 4.90 Å². The van der Waals surface area contributed by atoms with Crippen molar-refractivity contribution < 1.29 is 9.18 Å². The molecule has 0 bridgehead atoms. The number of hydrogen-bond donors (Lipinski definition) is 0. The topological polar surface area (TPSA) is 33.2 Å². The van der Waals surface area contributed by atoms with Gasteiger partial charge in [0, 0.05) is 31.4 Å². The largest absolute Gasteiger partial charge is 0.339 e. The number of pyridine rings is 1. The van der Waals surface area contributed by atoms with Gasteiger partial charge in [-0.05, 0) is 43.0 Å². The van der Waals surface area contributed by atoms with E-state index in [0.29, 0.717) is 23.6 Å². The van der Waals surface area contributed by atoms with Gasteiger partial charge in [0.15, 0.2) is 0 Å². The van der Waals surface area contributed by atoms with Gasteiger partial charge in [-0.2, -0.15) is 0 Å². The van der Waals surface area contributed by atoms with E-state index in [2.05, 4.69) is 4.98 Å². The average Bonchev–Trinajstić information content (AvgIpc) is 2.48. The average molecular weight is 298 g/mol. The summed E-state index contributed by atoms with van der Waals surface area (Å²) in [6.07, 6.45) is 5.39. The van der Waals surface area contributed by atoms with Crippen LogP contribution in [-0.4, -0.2) is 28.9 Å². The first-order valence-electron chi connectivity index (χ1n) is 7.60. The van der Waals surface area contributed by atoms with Crippen LogP contribution in [0.3, 0.4) is 0 Å². The van der Waals surface area contributed by atoms with Crippen LogP contribution in [0, 0.1) is 5.82 Å². The van der Waals surface area contributed by atoms with Gasteiger partial charge >= 0.3 is 0 Å². The number of aromatic nitrogens is 1. The standard InChI is InChI=1S/C18H19FN2O/c1-21(16-6-4-7-16)18(22)14-9-10-15(20-12-14)11-13-5-2-3-8-17(13)19/h2-3,5,8-10,12,16H,4,6-7,11H2,1H3. The van der Waals surface area contributed by atoms with E-state index in [1.807, 2.05) is 13.1 Å². The smallest absolute Gasteiger partial charge is 0.255 e. The highest BCUT2D eigenvalue weighted by atomic mass is 19.1. The second-order valence-corrected chi connectivity index (χ2v) is 5.81. The number of benzene rings is 1. The second-order valence-electron chi connectivity index (χ2n) is 5.81. The molecule has 0 radical (unpaired) electrons. The van der Waals surface area contributed by atoms with Crippen LogP contribution in [0.5, 0.6) is 0 Å². The van der Waals surface area contributed by atoms with Crippen LogP contribution < -0.4 is 0 Å². The zero-order valence-electron chi connectivity index (χ0n) is 12.6. The Bertz CT molecular complexity index is 665. The van der Waals surface area contributed by atoms with Gasteiger partial charge in [0.1, 0.15) is 5.82 Å². The van der Waals surface area contributed by atoms with Gasteiger partial charge in [0.2, 0.25) is 0 Å². The minimum Gasteiger partial charge on any atom is -0.339 e. The maximum absolute atomic E-state index is 13.6. The van der Waals surface area contributed by atoms with Crippen molar-refractivity contribution in [3.05, 3.63) is 65.2 Å². The summed E-state index contributed by atoms with van der Waals surface area (Å²) in [5.74, 6) is -0.219. The number of nitrogens with zero attached hydrogens (tertiary/aromatic N) is 2. The molecule has 3 rings (SSSR count). The molecule has 1 fully saturated rings. The predicted molar refractivity (Wildman–Crippen MR) is 83.2 cm³/mol. The molecule has 0 atom stereocenters. The molecule has 1 aromatic heterocycles. The molecule has 0 unspecified atom stereocenters. The monoisotopic (exact) mass is 298 g/mol. The third-order valence-corrected chi connectivity index (χ3v) is 4.34. The second kappa shape index (κ2) is 6.26. The molecule has 1 saturated carbocycles. The molecule has 4 heteroatoms. The molecule has 2 aromatic rings. The number of amides is 1. The van der Waals surface area contributed by atoms with Gasteiger partial charge in [-0.15, -0.1) is 0 Å². The van der Waals surface area contributed by atoms with Crippen molar-refractivity contribution in [3.63, 3.8) is 0 Å². The predicted octanol–water partition coefficient (Wildman–Crippen LogP) is 3.44. The first-order chi connectivity index (χ1) is 10.6. The van der Waals surface area contributed by atoms with Crippen molar-refractivity contribution in [1.82, 2.24) is 9.88 Å². The van der Waals surface area contributed by atoms with Gasteiger partial charge in [0.25, 0.3) is 5.91 Å². The number of rotatable bonds is 4. The lowest BCUT2D eigenvalue weighted by molar-refractivity contribution is 0.0651. The summed E-state index contributed by atoms with van der Waals surface area (Å²) < 4.78 is 13.6. The van der Waals surface area contributed by atoms with Crippen molar-refractivity contribution in [2.24, 2.45) is 0 Å². The zero-order chi connectivity index (χ0) is 15.5. The highest BCUT2D eigenvalue weighted by Crippen LogP contribution is 2.24. The summed E-state index contributed by atoms with van der Waals surface area (Å²) in [7, 11) is 1.85. The highest BCUT2D eigenvalue weighted by molar-refractivity contribution is 5.94. The fraction of sp³-hybridized carbons (Fsp3) is 0.333. The molecule has 3 nitrogen and oxygen atoms in total. The Labute approximate surface area is 129 Å². The van der Waals surface area contributed by atoms with Crippen molar-refractivity contribution in [3.8, 4) is 0 Å². The van der Waals surface area contributed by atoms with Gasteiger partial charge in [0.05, 0.1) is 5.56 Å². The van der Waals surface area contributed by atoms with E-state index in [9.17, 15) is 9.18 Å². The molecular weight excluding hydrogens is 279 g/mol. The molecular formula is C18H19FN2O. The maximum atomic E-state index is 13.6. The van der Waals surface area contributed by atoms with Crippen molar-refractivity contribution in [2.75, 3.05) is 7.05 Å². The van der Waals surface area contributed by atoms with Crippen molar-refractivity contribution >= 4 is 5.91 Å². The fourth-order valence-electron chi connectivity index (χ4n) is 2.64. The third-order valence-electron chi connectivity index (χ3n) is 4.34. The molecule has 0 saturated heterocycles.